The molecule has 0 unspecified atom stereocenters. The van der Waals surface area contributed by atoms with Crippen molar-refractivity contribution in [2.75, 3.05) is 7.11 Å². The second-order valence-electron chi connectivity index (χ2n) is 3.48. The third-order valence-electron chi connectivity index (χ3n) is 2.35. The van der Waals surface area contributed by atoms with Crippen molar-refractivity contribution in [3.63, 3.8) is 0 Å². The van der Waals surface area contributed by atoms with Gasteiger partial charge in [-0.1, -0.05) is 0 Å². The zero-order valence-electron chi connectivity index (χ0n) is 9.15. The average molecular weight is 259 g/mol. The first kappa shape index (κ1) is 12.2. The zero-order chi connectivity index (χ0) is 13.5. The molecule has 5 nitrogen and oxygen atoms in total. The smallest absolute Gasteiger partial charge is 0.435 e. The van der Waals surface area contributed by atoms with Gasteiger partial charge in [-0.2, -0.15) is 22.8 Å². The van der Waals surface area contributed by atoms with Crippen molar-refractivity contribution in [3.05, 3.63) is 29.5 Å². The number of alkyl halides is 3. The maximum Gasteiger partial charge on any atom is 0.435 e. The first-order chi connectivity index (χ1) is 8.34. The Balaban J connectivity index is 2.78. The second kappa shape index (κ2) is 3.90. The van der Waals surface area contributed by atoms with Crippen LogP contribution in [0.5, 0.6) is 5.88 Å². The van der Waals surface area contributed by atoms with E-state index in [9.17, 15) is 18.0 Å². The summed E-state index contributed by atoms with van der Waals surface area (Å²) >= 11 is 0. The van der Waals surface area contributed by atoms with Gasteiger partial charge < -0.3 is 10.5 Å². The van der Waals surface area contributed by atoms with Crippen molar-refractivity contribution in [1.82, 2.24) is 9.61 Å². The molecule has 18 heavy (non-hydrogen) atoms. The first-order valence-electron chi connectivity index (χ1n) is 4.78. The largest absolute Gasteiger partial charge is 0.481 e. The number of carbonyl (C=O) groups is 1. The fraction of sp³-hybridized carbons (Fsp3) is 0.200. The molecule has 0 aliphatic rings. The molecule has 0 aliphatic heterocycles. The Bertz CT molecular complexity index is 619. The van der Waals surface area contributed by atoms with E-state index in [1.165, 1.54) is 19.2 Å². The number of methoxy groups -OCH3 is 1. The van der Waals surface area contributed by atoms with Gasteiger partial charge >= 0.3 is 6.18 Å². The molecule has 0 aromatic carbocycles. The number of halogens is 3. The van der Waals surface area contributed by atoms with E-state index in [-0.39, 0.29) is 17.0 Å². The lowest BCUT2D eigenvalue weighted by atomic mass is 10.2. The van der Waals surface area contributed by atoms with Crippen molar-refractivity contribution < 1.29 is 22.7 Å². The van der Waals surface area contributed by atoms with Crippen LogP contribution in [0.3, 0.4) is 0 Å². The summed E-state index contributed by atoms with van der Waals surface area (Å²) in [6.07, 6.45) is -4.61. The fourth-order valence-electron chi connectivity index (χ4n) is 1.55. The Hall–Kier alpha value is -2.25. The van der Waals surface area contributed by atoms with E-state index < -0.39 is 17.8 Å². The number of primary amides is 1. The highest BCUT2D eigenvalue weighted by molar-refractivity contribution is 5.99. The van der Waals surface area contributed by atoms with Crippen LogP contribution < -0.4 is 10.5 Å². The third kappa shape index (κ3) is 1.85. The number of hydrogen-bond acceptors (Lipinski definition) is 3. The second-order valence-corrected chi connectivity index (χ2v) is 3.48. The van der Waals surface area contributed by atoms with Crippen LogP contribution in [0, 0.1) is 0 Å². The van der Waals surface area contributed by atoms with E-state index in [2.05, 4.69) is 5.10 Å². The van der Waals surface area contributed by atoms with Crippen molar-refractivity contribution >= 4 is 11.4 Å². The molecular formula is C10H8F3N3O2. The molecular weight excluding hydrogens is 251 g/mol. The van der Waals surface area contributed by atoms with Crippen LogP contribution in [0.25, 0.3) is 5.52 Å². The Kier molecular flexibility index (Phi) is 2.64. The number of pyridine rings is 1. The minimum Gasteiger partial charge on any atom is -0.481 e. The van der Waals surface area contributed by atoms with E-state index in [4.69, 9.17) is 10.5 Å². The quantitative estimate of drug-likeness (QED) is 0.887. The number of amides is 1. The molecule has 2 heterocycles. The molecule has 1 amide bonds. The maximum atomic E-state index is 12.6. The summed E-state index contributed by atoms with van der Waals surface area (Å²) in [4.78, 5) is 11.1. The Morgan fingerprint density at radius 3 is 2.61 bits per heavy atom. The number of rotatable bonds is 2. The van der Waals surface area contributed by atoms with Gasteiger partial charge in [-0.15, -0.1) is 0 Å². The topological polar surface area (TPSA) is 69.6 Å². The Labute approximate surface area is 98.9 Å². The first-order valence-corrected chi connectivity index (χ1v) is 4.78. The summed E-state index contributed by atoms with van der Waals surface area (Å²) in [6.45, 7) is 0. The summed E-state index contributed by atoms with van der Waals surface area (Å²) in [5.41, 5.74) is 3.87. The van der Waals surface area contributed by atoms with Gasteiger partial charge in [0.1, 0.15) is 0 Å². The predicted molar refractivity (Wildman–Crippen MR) is 55.3 cm³/mol. The molecule has 2 aromatic heterocycles. The van der Waals surface area contributed by atoms with Crippen LogP contribution in [0.2, 0.25) is 0 Å². The van der Waals surface area contributed by atoms with Gasteiger partial charge in [0.15, 0.2) is 5.69 Å². The van der Waals surface area contributed by atoms with Crippen LogP contribution in [0.4, 0.5) is 13.2 Å². The van der Waals surface area contributed by atoms with Crippen molar-refractivity contribution in [2.24, 2.45) is 5.73 Å². The summed E-state index contributed by atoms with van der Waals surface area (Å²) in [7, 11) is 1.29. The molecule has 2 aromatic rings. The molecule has 0 atom stereocenters. The highest BCUT2D eigenvalue weighted by Crippen LogP contribution is 2.31. The number of nitrogens with zero attached hydrogens (tertiary/aromatic N) is 2. The van der Waals surface area contributed by atoms with Gasteiger partial charge in [0.05, 0.1) is 18.2 Å². The Morgan fingerprint density at radius 1 is 1.44 bits per heavy atom. The molecule has 0 saturated carbocycles. The zero-order valence-corrected chi connectivity index (χ0v) is 9.15. The lowest BCUT2D eigenvalue weighted by molar-refractivity contribution is -0.141. The molecule has 0 aliphatic carbocycles. The maximum absolute atomic E-state index is 12.6. The number of hydrogen-bond donors (Lipinski definition) is 1. The normalized spacial score (nSPS) is 11.8. The molecule has 0 spiro atoms. The summed E-state index contributed by atoms with van der Waals surface area (Å²) in [5.74, 6) is -0.762. The molecule has 0 bridgehead atoms. The van der Waals surface area contributed by atoms with E-state index in [1.54, 1.807) is 0 Å². The van der Waals surface area contributed by atoms with Gasteiger partial charge in [0.2, 0.25) is 5.88 Å². The lowest BCUT2D eigenvalue weighted by Gasteiger charge is -2.05. The summed E-state index contributed by atoms with van der Waals surface area (Å²) in [6, 6.07) is 3.36. The lowest BCUT2D eigenvalue weighted by Crippen LogP contribution is -2.12. The van der Waals surface area contributed by atoms with E-state index in [0.29, 0.717) is 0 Å². The number of carbonyl (C=O) groups excluding carboxylic acids is 1. The molecule has 2 rings (SSSR count). The van der Waals surface area contributed by atoms with Gasteiger partial charge in [-0.05, 0) is 12.1 Å². The van der Waals surface area contributed by atoms with Crippen molar-refractivity contribution in [2.45, 2.75) is 6.18 Å². The minimum absolute atomic E-state index is 0.0471. The van der Waals surface area contributed by atoms with E-state index in [1.807, 2.05) is 0 Å². The molecule has 8 heteroatoms. The number of nitrogens with two attached hydrogens (primary N) is 1. The van der Waals surface area contributed by atoms with Crippen LogP contribution in [-0.4, -0.2) is 22.6 Å². The predicted octanol–water partition coefficient (Wildman–Crippen LogP) is 1.46. The average Bonchev–Trinajstić information content (AvgIpc) is 2.71. The summed E-state index contributed by atoms with van der Waals surface area (Å²) in [5, 5.41) is 3.36. The van der Waals surface area contributed by atoms with Gasteiger partial charge in [0, 0.05) is 6.07 Å². The Morgan fingerprint density at radius 2 is 2.11 bits per heavy atom. The molecule has 0 saturated heterocycles. The van der Waals surface area contributed by atoms with Crippen LogP contribution in [0.1, 0.15) is 16.1 Å². The number of ether oxygens (including phenoxy) is 1. The molecule has 0 radical (unpaired) electrons. The monoisotopic (exact) mass is 259 g/mol. The third-order valence-corrected chi connectivity index (χ3v) is 2.35. The summed E-state index contributed by atoms with van der Waals surface area (Å²) < 4.78 is 43.4. The SMILES string of the molecule is COc1ccc(C(N)=O)c2cc(C(F)(F)F)nn12. The van der Waals surface area contributed by atoms with Gasteiger partial charge in [-0.25, -0.2) is 0 Å². The van der Waals surface area contributed by atoms with Crippen LogP contribution in [0.15, 0.2) is 18.2 Å². The highest BCUT2D eigenvalue weighted by atomic mass is 19.4. The van der Waals surface area contributed by atoms with Crippen LogP contribution in [-0.2, 0) is 6.18 Å². The number of aromatic nitrogens is 2. The van der Waals surface area contributed by atoms with Gasteiger partial charge in [-0.3, -0.25) is 4.79 Å². The molecule has 2 N–H and O–H groups in total. The number of fused-ring (bicyclic) bond motifs is 1. The fourth-order valence-corrected chi connectivity index (χ4v) is 1.55. The minimum atomic E-state index is -4.61. The molecule has 0 fully saturated rings. The van der Waals surface area contributed by atoms with E-state index in [0.717, 1.165) is 10.6 Å². The van der Waals surface area contributed by atoms with E-state index >= 15 is 0 Å². The van der Waals surface area contributed by atoms with Gasteiger partial charge in [0.25, 0.3) is 5.91 Å². The molecule has 96 valence electrons. The standard InChI is InChI=1S/C10H8F3N3O2/c1-18-8-3-2-5(9(14)17)6-4-7(10(11,12)13)15-16(6)8/h2-4H,1H3,(H2,14,17). The van der Waals surface area contributed by atoms with Crippen molar-refractivity contribution in [1.29, 1.82) is 0 Å². The van der Waals surface area contributed by atoms with Crippen LogP contribution >= 0.6 is 0 Å². The van der Waals surface area contributed by atoms with Crippen molar-refractivity contribution in [3.8, 4) is 5.88 Å². The highest BCUT2D eigenvalue weighted by Gasteiger charge is 2.35.